The summed E-state index contributed by atoms with van der Waals surface area (Å²) < 4.78 is 13.4. The van der Waals surface area contributed by atoms with Crippen LogP contribution in [0.2, 0.25) is 0 Å². The fourth-order valence-electron chi connectivity index (χ4n) is 2.57. The molecule has 0 atom stereocenters. The van der Waals surface area contributed by atoms with Gasteiger partial charge in [0.05, 0.1) is 0 Å². The van der Waals surface area contributed by atoms with Crippen molar-refractivity contribution in [2.24, 2.45) is 5.92 Å². The Kier molecular flexibility index (Phi) is 4.80. The molecule has 0 aliphatic carbocycles. The zero-order chi connectivity index (χ0) is 16.3. The van der Waals surface area contributed by atoms with E-state index >= 15 is 0 Å². The van der Waals surface area contributed by atoms with E-state index in [0.717, 1.165) is 12.8 Å². The summed E-state index contributed by atoms with van der Waals surface area (Å²) in [4.78, 5) is 26.1. The van der Waals surface area contributed by atoms with Gasteiger partial charge in [0.1, 0.15) is 11.5 Å². The van der Waals surface area contributed by atoms with Gasteiger partial charge in [-0.3, -0.25) is 4.79 Å². The van der Waals surface area contributed by atoms with Gasteiger partial charge in [-0.05, 0) is 31.0 Å². The fourth-order valence-corrected chi connectivity index (χ4v) is 2.57. The van der Waals surface area contributed by atoms with E-state index < -0.39 is 11.8 Å². The number of aromatic amines is 1. The summed E-state index contributed by atoms with van der Waals surface area (Å²) in [6.07, 6.45) is 1.44. The lowest BCUT2D eigenvalue weighted by atomic mass is 10.0. The normalized spacial score (nSPS) is 11.1. The first kappa shape index (κ1) is 16.0. The summed E-state index contributed by atoms with van der Waals surface area (Å²) >= 11 is 0. The number of nitrogens with one attached hydrogen (secondary N) is 2. The smallest absolute Gasteiger partial charge is 0.352 e. The Morgan fingerprint density at radius 1 is 1.32 bits per heavy atom. The number of hydrogen-bond donors (Lipinski definition) is 3. The van der Waals surface area contributed by atoms with Crippen LogP contribution in [-0.4, -0.2) is 22.0 Å². The predicted molar refractivity (Wildman–Crippen MR) is 81.1 cm³/mol. The molecule has 3 N–H and O–H groups in total. The first-order chi connectivity index (χ1) is 10.5. The van der Waals surface area contributed by atoms with Gasteiger partial charge in [0, 0.05) is 28.9 Å². The van der Waals surface area contributed by atoms with Crippen LogP contribution >= 0.6 is 0 Å². The molecule has 0 fully saturated rings. The predicted octanol–water partition coefficient (Wildman–Crippen LogP) is 3.06. The molecule has 0 radical (unpaired) electrons. The number of benzene rings is 1. The number of amides is 1. The molecule has 0 unspecified atom stereocenters. The van der Waals surface area contributed by atoms with Crippen LogP contribution in [0, 0.1) is 11.7 Å². The summed E-state index contributed by atoms with van der Waals surface area (Å²) in [5, 5.41) is 12.5. The molecule has 5 nitrogen and oxygen atoms in total. The number of carboxylic acid groups (broad SMARTS) is 1. The van der Waals surface area contributed by atoms with Crippen molar-refractivity contribution in [1.82, 2.24) is 10.3 Å². The van der Waals surface area contributed by atoms with E-state index in [0.29, 0.717) is 16.5 Å². The van der Waals surface area contributed by atoms with E-state index in [9.17, 15) is 19.1 Å². The third kappa shape index (κ3) is 3.10. The third-order valence-electron chi connectivity index (χ3n) is 3.88. The second-order valence-corrected chi connectivity index (χ2v) is 5.20. The van der Waals surface area contributed by atoms with Gasteiger partial charge in [0.2, 0.25) is 5.91 Å². The standard InChI is InChI=1S/C16H19FN2O3/c1-3-9(4-2)15(20)18-8-12-11-7-10(17)5-6-13(11)19-14(12)16(21)22/h5-7,9,19H,3-4,8H2,1-2H3,(H,18,20)(H,21,22). The molecule has 0 aliphatic heterocycles. The molecular formula is C16H19FN2O3. The average molecular weight is 306 g/mol. The molecule has 0 bridgehead atoms. The molecule has 1 aromatic heterocycles. The lowest BCUT2D eigenvalue weighted by Crippen LogP contribution is -2.30. The number of halogens is 1. The minimum Gasteiger partial charge on any atom is -0.477 e. The van der Waals surface area contributed by atoms with Crippen LogP contribution in [0.15, 0.2) is 18.2 Å². The number of aromatic nitrogens is 1. The zero-order valence-electron chi connectivity index (χ0n) is 12.6. The quantitative estimate of drug-likeness (QED) is 0.767. The number of carbonyl (C=O) groups is 2. The lowest BCUT2D eigenvalue weighted by molar-refractivity contribution is -0.125. The largest absolute Gasteiger partial charge is 0.477 e. The molecule has 0 saturated heterocycles. The molecule has 0 aliphatic rings. The number of rotatable bonds is 6. The number of carboxylic acids is 1. The van der Waals surface area contributed by atoms with Gasteiger partial charge in [0.25, 0.3) is 0 Å². The van der Waals surface area contributed by atoms with Gasteiger partial charge in [-0.15, -0.1) is 0 Å². The van der Waals surface area contributed by atoms with Gasteiger partial charge in [-0.25, -0.2) is 9.18 Å². The van der Waals surface area contributed by atoms with Crippen LogP contribution in [0.3, 0.4) is 0 Å². The monoisotopic (exact) mass is 306 g/mol. The van der Waals surface area contributed by atoms with E-state index in [2.05, 4.69) is 10.3 Å². The highest BCUT2D eigenvalue weighted by Crippen LogP contribution is 2.24. The number of H-pyrrole nitrogens is 1. The molecular weight excluding hydrogens is 287 g/mol. The van der Waals surface area contributed by atoms with Crippen LogP contribution in [0.25, 0.3) is 10.9 Å². The second-order valence-electron chi connectivity index (χ2n) is 5.20. The van der Waals surface area contributed by atoms with Crippen molar-refractivity contribution in [2.75, 3.05) is 0 Å². The Hall–Kier alpha value is -2.37. The topological polar surface area (TPSA) is 82.2 Å². The van der Waals surface area contributed by atoms with Crippen molar-refractivity contribution in [1.29, 1.82) is 0 Å². The van der Waals surface area contributed by atoms with Gasteiger partial charge in [0.15, 0.2) is 0 Å². The average Bonchev–Trinajstić information content (AvgIpc) is 2.84. The first-order valence-corrected chi connectivity index (χ1v) is 7.29. The fraction of sp³-hybridized carbons (Fsp3) is 0.375. The highest BCUT2D eigenvalue weighted by Gasteiger charge is 2.20. The Labute approximate surface area is 127 Å². The first-order valence-electron chi connectivity index (χ1n) is 7.29. The molecule has 118 valence electrons. The summed E-state index contributed by atoms with van der Waals surface area (Å²) in [5.74, 6) is -1.80. The van der Waals surface area contributed by atoms with Crippen LogP contribution in [0.1, 0.15) is 42.7 Å². The third-order valence-corrected chi connectivity index (χ3v) is 3.88. The Morgan fingerprint density at radius 2 is 2.00 bits per heavy atom. The summed E-state index contributed by atoms with van der Waals surface area (Å²) in [6, 6.07) is 4.03. The Morgan fingerprint density at radius 3 is 2.59 bits per heavy atom. The van der Waals surface area contributed by atoms with Gasteiger partial charge in [-0.2, -0.15) is 0 Å². The lowest BCUT2D eigenvalue weighted by Gasteiger charge is -2.12. The van der Waals surface area contributed by atoms with E-state index in [-0.39, 0.29) is 24.1 Å². The Bertz CT molecular complexity index is 705. The van der Waals surface area contributed by atoms with E-state index in [1.165, 1.54) is 18.2 Å². The molecule has 2 rings (SSSR count). The van der Waals surface area contributed by atoms with Crippen LogP contribution in [-0.2, 0) is 11.3 Å². The molecule has 2 aromatic rings. The molecule has 1 heterocycles. The van der Waals surface area contributed by atoms with E-state index in [1.54, 1.807) is 0 Å². The maximum atomic E-state index is 13.4. The molecule has 0 saturated carbocycles. The van der Waals surface area contributed by atoms with Crippen LogP contribution in [0.5, 0.6) is 0 Å². The number of fused-ring (bicyclic) bond motifs is 1. The van der Waals surface area contributed by atoms with Crippen molar-refractivity contribution in [3.8, 4) is 0 Å². The number of hydrogen-bond acceptors (Lipinski definition) is 2. The summed E-state index contributed by atoms with van der Waals surface area (Å²) in [7, 11) is 0. The van der Waals surface area contributed by atoms with Gasteiger partial charge in [-0.1, -0.05) is 13.8 Å². The molecule has 1 amide bonds. The van der Waals surface area contributed by atoms with E-state index in [4.69, 9.17) is 0 Å². The van der Waals surface area contributed by atoms with Crippen molar-refractivity contribution >= 4 is 22.8 Å². The highest BCUT2D eigenvalue weighted by molar-refractivity contribution is 5.97. The minimum atomic E-state index is -1.14. The molecule has 0 spiro atoms. The van der Waals surface area contributed by atoms with Crippen molar-refractivity contribution in [3.63, 3.8) is 0 Å². The van der Waals surface area contributed by atoms with E-state index in [1.807, 2.05) is 13.8 Å². The SMILES string of the molecule is CCC(CC)C(=O)NCc1c(C(=O)O)[nH]c2ccc(F)cc12. The zero-order valence-corrected chi connectivity index (χ0v) is 12.6. The molecule has 1 aromatic carbocycles. The maximum absolute atomic E-state index is 13.4. The number of aromatic carboxylic acids is 1. The minimum absolute atomic E-state index is 0.0227. The maximum Gasteiger partial charge on any atom is 0.352 e. The van der Waals surface area contributed by atoms with Crippen molar-refractivity contribution < 1.29 is 19.1 Å². The van der Waals surface area contributed by atoms with Crippen molar-refractivity contribution in [3.05, 3.63) is 35.3 Å². The molecule has 22 heavy (non-hydrogen) atoms. The highest BCUT2D eigenvalue weighted by atomic mass is 19.1. The summed E-state index contributed by atoms with van der Waals surface area (Å²) in [5.41, 5.74) is 0.900. The van der Waals surface area contributed by atoms with Gasteiger partial charge >= 0.3 is 5.97 Å². The number of carbonyl (C=O) groups excluding carboxylic acids is 1. The second kappa shape index (κ2) is 6.60. The summed E-state index contributed by atoms with van der Waals surface area (Å²) in [6.45, 7) is 3.91. The van der Waals surface area contributed by atoms with Crippen LogP contribution < -0.4 is 5.32 Å². The van der Waals surface area contributed by atoms with Crippen molar-refractivity contribution in [2.45, 2.75) is 33.2 Å². The Balaban J connectivity index is 2.33. The van der Waals surface area contributed by atoms with Gasteiger partial charge < -0.3 is 15.4 Å². The molecule has 6 heteroatoms. The van der Waals surface area contributed by atoms with Crippen LogP contribution in [0.4, 0.5) is 4.39 Å².